The van der Waals surface area contributed by atoms with Crippen LogP contribution in [0.5, 0.6) is 0 Å². The Labute approximate surface area is 117 Å². The van der Waals surface area contributed by atoms with E-state index in [2.05, 4.69) is 10.6 Å². The minimum atomic E-state index is -0.542. The average Bonchev–Trinajstić information content (AvgIpc) is 2.51. The standard InChI is InChI=1S/C14H17N3O3/c18-13-14(19)17(7-5-16-13)11-3-1-10(2-4-11)12-9-15-6-8-20-12/h1-4,12,15H,5-9H2,(H,16,18). The van der Waals surface area contributed by atoms with Crippen LogP contribution in [-0.4, -0.2) is 44.6 Å². The number of hydrogen-bond acceptors (Lipinski definition) is 4. The van der Waals surface area contributed by atoms with Gasteiger partial charge in [-0.15, -0.1) is 0 Å². The van der Waals surface area contributed by atoms with Crippen LogP contribution in [0.3, 0.4) is 0 Å². The lowest BCUT2D eigenvalue weighted by Crippen LogP contribution is -2.52. The molecule has 2 aliphatic heterocycles. The second kappa shape index (κ2) is 5.60. The molecule has 0 aromatic heterocycles. The number of morpholine rings is 1. The molecule has 0 radical (unpaired) electrons. The maximum Gasteiger partial charge on any atom is 0.316 e. The second-order valence-electron chi connectivity index (χ2n) is 4.87. The summed E-state index contributed by atoms with van der Waals surface area (Å²) in [5, 5.41) is 5.82. The molecule has 3 rings (SSSR count). The van der Waals surface area contributed by atoms with Gasteiger partial charge >= 0.3 is 11.8 Å². The van der Waals surface area contributed by atoms with Crippen molar-refractivity contribution in [3.05, 3.63) is 29.8 Å². The van der Waals surface area contributed by atoms with Crippen LogP contribution in [0, 0.1) is 0 Å². The minimum absolute atomic E-state index is 0.0538. The third-order valence-corrected chi connectivity index (χ3v) is 3.56. The Hall–Kier alpha value is -1.92. The van der Waals surface area contributed by atoms with Crippen LogP contribution in [-0.2, 0) is 14.3 Å². The first-order valence-electron chi connectivity index (χ1n) is 6.78. The van der Waals surface area contributed by atoms with Gasteiger partial charge in [-0.2, -0.15) is 0 Å². The van der Waals surface area contributed by atoms with Gasteiger partial charge in [0.25, 0.3) is 0 Å². The molecule has 2 N–H and O–H groups in total. The number of anilines is 1. The van der Waals surface area contributed by atoms with Gasteiger partial charge in [0.15, 0.2) is 0 Å². The zero-order valence-corrected chi connectivity index (χ0v) is 11.1. The number of benzene rings is 1. The summed E-state index contributed by atoms with van der Waals surface area (Å²) < 4.78 is 5.68. The van der Waals surface area contributed by atoms with E-state index in [-0.39, 0.29) is 6.10 Å². The molecule has 2 aliphatic rings. The molecule has 0 spiro atoms. The Balaban J connectivity index is 1.75. The largest absolute Gasteiger partial charge is 0.371 e. The maximum atomic E-state index is 11.8. The van der Waals surface area contributed by atoms with Crippen molar-refractivity contribution in [1.29, 1.82) is 0 Å². The molecule has 2 fully saturated rings. The van der Waals surface area contributed by atoms with E-state index in [9.17, 15) is 9.59 Å². The van der Waals surface area contributed by atoms with Crippen LogP contribution in [0.1, 0.15) is 11.7 Å². The normalized spacial score (nSPS) is 23.6. The summed E-state index contributed by atoms with van der Waals surface area (Å²) in [6.07, 6.45) is 0.0538. The molecule has 20 heavy (non-hydrogen) atoms. The predicted molar refractivity (Wildman–Crippen MR) is 73.4 cm³/mol. The fourth-order valence-corrected chi connectivity index (χ4v) is 2.48. The van der Waals surface area contributed by atoms with Gasteiger partial charge in [0, 0.05) is 31.9 Å². The summed E-state index contributed by atoms with van der Waals surface area (Å²) in [6, 6.07) is 7.63. The van der Waals surface area contributed by atoms with Crippen molar-refractivity contribution >= 4 is 17.5 Å². The van der Waals surface area contributed by atoms with E-state index in [1.54, 1.807) is 0 Å². The Morgan fingerprint density at radius 3 is 2.65 bits per heavy atom. The van der Waals surface area contributed by atoms with Gasteiger partial charge in [0.1, 0.15) is 0 Å². The Bertz CT molecular complexity index is 509. The number of nitrogens with one attached hydrogen (secondary N) is 2. The molecule has 6 heteroatoms. The van der Waals surface area contributed by atoms with Crippen LogP contribution in [0.15, 0.2) is 24.3 Å². The number of nitrogens with zero attached hydrogens (tertiary/aromatic N) is 1. The molecular weight excluding hydrogens is 258 g/mol. The van der Waals surface area contributed by atoms with Gasteiger partial charge in [0.05, 0.1) is 12.7 Å². The van der Waals surface area contributed by atoms with Crippen molar-refractivity contribution in [2.24, 2.45) is 0 Å². The summed E-state index contributed by atoms with van der Waals surface area (Å²) in [4.78, 5) is 24.7. The highest BCUT2D eigenvalue weighted by Gasteiger charge is 2.27. The third kappa shape index (κ3) is 2.52. The van der Waals surface area contributed by atoms with Gasteiger partial charge < -0.3 is 20.3 Å². The lowest BCUT2D eigenvalue weighted by molar-refractivity contribution is -0.138. The van der Waals surface area contributed by atoms with E-state index < -0.39 is 11.8 Å². The highest BCUT2D eigenvalue weighted by atomic mass is 16.5. The number of carbonyl (C=O) groups is 2. The first-order chi connectivity index (χ1) is 9.75. The third-order valence-electron chi connectivity index (χ3n) is 3.56. The van der Waals surface area contributed by atoms with Crippen molar-refractivity contribution in [1.82, 2.24) is 10.6 Å². The zero-order valence-electron chi connectivity index (χ0n) is 11.1. The smallest absolute Gasteiger partial charge is 0.316 e. The number of hydrogen-bond donors (Lipinski definition) is 2. The second-order valence-corrected chi connectivity index (χ2v) is 4.87. The van der Waals surface area contributed by atoms with Crippen molar-refractivity contribution in [3.63, 3.8) is 0 Å². The van der Waals surface area contributed by atoms with Crippen LogP contribution < -0.4 is 15.5 Å². The molecule has 1 unspecified atom stereocenters. The summed E-state index contributed by atoms with van der Waals surface area (Å²) in [6.45, 7) is 3.38. The van der Waals surface area contributed by atoms with Gasteiger partial charge in [0.2, 0.25) is 0 Å². The molecule has 1 atom stereocenters. The van der Waals surface area contributed by atoms with Gasteiger partial charge in [-0.1, -0.05) is 12.1 Å². The maximum absolute atomic E-state index is 11.8. The summed E-state index contributed by atoms with van der Waals surface area (Å²) in [7, 11) is 0. The van der Waals surface area contributed by atoms with Gasteiger partial charge in [-0.25, -0.2) is 0 Å². The van der Waals surface area contributed by atoms with E-state index in [4.69, 9.17) is 4.74 Å². The van der Waals surface area contributed by atoms with Crippen LogP contribution in [0.25, 0.3) is 0 Å². The van der Waals surface area contributed by atoms with Crippen molar-refractivity contribution in [3.8, 4) is 0 Å². The SMILES string of the molecule is O=C1NCCN(c2ccc(C3CNCCO3)cc2)C1=O. The first-order valence-corrected chi connectivity index (χ1v) is 6.78. The fraction of sp³-hybridized carbons (Fsp3) is 0.429. The molecule has 1 aromatic carbocycles. The molecule has 2 heterocycles. The van der Waals surface area contributed by atoms with Crippen LogP contribution >= 0.6 is 0 Å². The van der Waals surface area contributed by atoms with E-state index >= 15 is 0 Å². The van der Waals surface area contributed by atoms with Crippen molar-refractivity contribution < 1.29 is 14.3 Å². The Kier molecular flexibility index (Phi) is 3.66. The van der Waals surface area contributed by atoms with E-state index in [1.807, 2.05) is 24.3 Å². The average molecular weight is 275 g/mol. The molecule has 0 bridgehead atoms. The highest BCUT2D eigenvalue weighted by molar-refractivity contribution is 6.41. The van der Waals surface area contributed by atoms with Crippen LogP contribution in [0.2, 0.25) is 0 Å². The molecule has 0 saturated carbocycles. The molecular formula is C14H17N3O3. The molecule has 6 nitrogen and oxygen atoms in total. The van der Waals surface area contributed by atoms with Crippen molar-refractivity contribution in [2.75, 3.05) is 37.7 Å². The molecule has 2 saturated heterocycles. The zero-order chi connectivity index (χ0) is 13.9. The lowest BCUT2D eigenvalue weighted by atomic mass is 10.1. The summed E-state index contributed by atoms with van der Waals surface area (Å²) in [5.41, 5.74) is 1.83. The predicted octanol–water partition coefficient (Wildman–Crippen LogP) is -0.190. The Morgan fingerprint density at radius 1 is 1.15 bits per heavy atom. The highest BCUT2D eigenvalue weighted by Crippen LogP contribution is 2.23. The van der Waals surface area contributed by atoms with Crippen LogP contribution in [0.4, 0.5) is 5.69 Å². The number of ether oxygens (including phenoxy) is 1. The van der Waals surface area contributed by atoms with E-state index in [0.717, 1.165) is 24.3 Å². The van der Waals surface area contributed by atoms with E-state index in [1.165, 1.54) is 4.90 Å². The summed E-state index contributed by atoms with van der Waals surface area (Å²) in [5.74, 6) is -1.04. The summed E-state index contributed by atoms with van der Waals surface area (Å²) >= 11 is 0. The molecule has 2 amide bonds. The van der Waals surface area contributed by atoms with E-state index in [0.29, 0.717) is 19.7 Å². The number of carbonyl (C=O) groups excluding carboxylic acids is 2. The molecule has 106 valence electrons. The van der Waals surface area contributed by atoms with Gasteiger partial charge in [-0.3, -0.25) is 9.59 Å². The Morgan fingerprint density at radius 2 is 1.95 bits per heavy atom. The minimum Gasteiger partial charge on any atom is -0.371 e. The number of rotatable bonds is 2. The fourth-order valence-electron chi connectivity index (χ4n) is 2.48. The monoisotopic (exact) mass is 275 g/mol. The van der Waals surface area contributed by atoms with Gasteiger partial charge in [-0.05, 0) is 17.7 Å². The number of piperazine rings is 1. The lowest BCUT2D eigenvalue weighted by Gasteiger charge is -2.27. The first kappa shape index (κ1) is 13.1. The quantitative estimate of drug-likeness (QED) is 0.734. The number of amides is 2. The van der Waals surface area contributed by atoms with Crippen molar-refractivity contribution in [2.45, 2.75) is 6.10 Å². The topological polar surface area (TPSA) is 70.7 Å². The molecule has 0 aliphatic carbocycles. The molecule has 1 aromatic rings.